The third-order valence-electron chi connectivity index (χ3n) is 3.32. The van der Waals surface area contributed by atoms with Gasteiger partial charge >= 0.3 is 5.97 Å². The molecule has 0 aliphatic carbocycles. The molecule has 1 rings (SSSR count). The molecule has 21 heavy (non-hydrogen) atoms. The number of benzene rings is 1. The molecule has 0 heterocycles. The first kappa shape index (κ1) is 17.8. The van der Waals surface area contributed by atoms with E-state index in [2.05, 4.69) is 32.6 Å². The number of anilines is 1. The monoisotopic (exact) mass is 312 g/mol. The van der Waals surface area contributed by atoms with Gasteiger partial charge in [-0.2, -0.15) is 0 Å². The number of halogens is 1. The molecule has 0 amide bonds. The lowest BCUT2D eigenvalue weighted by Crippen LogP contribution is -2.42. The zero-order valence-corrected chi connectivity index (χ0v) is 14.1. The number of nitrogen functional groups attached to an aromatic ring is 1. The van der Waals surface area contributed by atoms with E-state index in [9.17, 15) is 4.79 Å². The van der Waals surface area contributed by atoms with E-state index < -0.39 is 5.97 Å². The number of ether oxygens (including phenoxy) is 1. The van der Waals surface area contributed by atoms with E-state index in [-0.39, 0.29) is 6.10 Å². The summed E-state index contributed by atoms with van der Waals surface area (Å²) in [5, 5.41) is 0.316. The van der Waals surface area contributed by atoms with Gasteiger partial charge in [0, 0.05) is 24.3 Å². The van der Waals surface area contributed by atoms with Crippen molar-refractivity contribution in [2.45, 2.75) is 52.8 Å². The first-order valence-electron chi connectivity index (χ1n) is 7.24. The van der Waals surface area contributed by atoms with Gasteiger partial charge < -0.3 is 10.5 Å². The van der Waals surface area contributed by atoms with Crippen LogP contribution in [0.2, 0.25) is 5.02 Å². The van der Waals surface area contributed by atoms with Crippen LogP contribution in [0, 0.1) is 0 Å². The van der Waals surface area contributed by atoms with Gasteiger partial charge in [-0.15, -0.1) is 0 Å². The summed E-state index contributed by atoms with van der Waals surface area (Å²) in [7, 11) is 0. The smallest absolute Gasteiger partial charge is 0.339 e. The Bertz CT molecular complexity index is 481. The molecule has 0 aromatic heterocycles. The minimum Gasteiger partial charge on any atom is -0.458 e. The number of hydrogen-bond donors (Lipinski definition) is 1. The van der Waals surface area contributed by atoms with Crippen LogP contribution >= 0.6 is 11.6 Å². The third kappa shape index (κ3) is 5.21. The molecule has 0 spiro atoms. The summed E-state index contributed by atoms with van der Waals surface area (Å²) in [4.78, 5) is 14.4. The van der Waals surface area contributed by atoms with E-state index in [0.29, 0.717) is 34.9 Å². The summed E-state index contributed by atoms with van der Waals surface area (Å²) < 4.78 is 5.48. The Morgan fingerprint density at radius 1 is 1.24 bits per heavy atom. The van der Waals surface area contributed by atoms with Gasteiger partial charge in [-0.25, -0.2) is 4.79 Å². The lowest BCUT2D eigenvalue weighted by atomic mass is 10.2. The van der Waals surface area contributed by atoms with E-state index in [0.717, 1.165) is 0 Å². The summed E-state index contributed by atoms with van der Waals surface area (Å²) in [6.07, 6.45) is -0.212. The summed E-state index contributed by atoms with van der Waals surface area (Å²) in [6.45, 7) is 11.1. The van der Waals surface area contributed by atoms with Crippen molar-refractivity contribution in [2.24, 2.45) is 0 Å². The fourth-order valence-electron chi connectivity index (χ4n) is 2.30. The van der Waals surface area contributed by atoms with Crippen LogP contribution in [0.5, 0.6) is 0 Å². The van der Waals surface area contributed by atoms with Gasteiger partial charge in [0.25, 0.3) is 0 Å². The second kappa shape index (κ2) is 7.66. The van der Waals surface area contributed by atoms with Crippen molar-refractivity contribution in [1.29, 1.82) is 0 Å². The molecular formula is C16H25ClN2O2. The molecule has 1 unspecified atom stereocenters. The second-order valence-electron chi connectivity index (χ2n) is 5.84. The molecule has 0 saturated heterocycles. The number of rotatable bonds is 6. The van der Waals surface area contributed by atoms with Crippen LogP contribution in [0.4, 0.5) is 5.69 Å². The standard InChI is InChI=1S/C16H25ClN2O2/c1-10(2)19(11(3)4)9-12(5)21-16(20)14-7-6-13(18)8-15(14)17/h6-8,10-12H,9,18H2,1-5H3. The Hall–Kier alpha value is -1.26. The first-order valence-corrected chi connectivity index (χ1v) is 7.62. The van der Waals surface area contributed by atoms with Crippen molar-refractivity contribution in [2.75, 3.05) is 12.3 Å². The van der Waals surface area contributed by atoms with Gasteiger partial charge in [0.15, 0.2) is 0 Å². The molecule has 4 nitrogen and oxygen atoms in total. The maximum Gasteiger partial charge on any atom is 0.339 e. The Balaban J connectivity index is 2.69. The Morgan fingerprint density at radius 3 is 2.29 bits per heavy atom. The SMILES string of the molecule is CC(CN(C(C)C)C(C)C)OC(=O)c1ccc(N)cc1Cl. The van der Waals surface area contributed by atoms with Crippen molar-refractivity contribution in [3.63, 3.8) is 0 Å². The molecule has 1 atom stereocenters. The number of esters is 1. The molecule has 2 N–H and O–H groups in total. The molecule has 1 aromatic carbocycles. The van der Waals surface area contributed by atoms with E-state index in [1.54, 1.807) is 18.2 Å². The second-order valence-corrected chi connectivity index (χ2v) is 6.25. The van der Waals surface area contributed by atoms with Gasteiger partial charge in [-0.3, -0.25) is 4.90 Å². The van der Waals surface area contributed by atoms with Crippen LogP contribution in [-0.2, 0) is 4.74 Å². The van der Waals surface area contributed by atoms with Crippen molar-refractivity contribution in [3.8, 4) is 0 Å². The highest BCUT2D eigenvalue weighted by Gasteiger charge is 2.20. The number of nitrogens with zero attached hydrogens (tertiary/aromatic N) is 1. The Morgan fingerprint density at radius 2 is 1.81 bits per heavy atom. The molecule has 0 bridgehead atoms. The van der Waals surface area contributed by atoms with E-state index in [4.69, 9.17) is 22.1 Å². The maximum absolute atomic E-state index is 12.1. The molecule has 118 valence electrons. The van der Waals surface area contributed by atoms with Gasteiger partial charge in [0.05, 0.1) is 10.6 Å². The average Bonchev–Trinajstić information content (AvgIpc) is 2.34. The van der Waals surface area contributed by atoms with Crippen molar-refractivity contribution in [3.05, 3.63) is 28.8 Å². The highest BCUT2D eigenvalue weighted by molar-refractivity contribution is 6.33. The third-order valence-corrected chi connectivity index (χ3v) is 3.63. The molecule has 5 heteroatoms. The highest BCUT2D eigenvalue weighted by atomic mass is 35.5. The van der Waals surface area contributed by atoms with Gasteiger partial charge in [-0.05, 0) is 52.8 Å². The Labute approximate surface area is 132 Å². The van der Waals surface area contributed by atoms with E-state index in [1.165, 1.54) is 0 Å². The minimum absolute atomic E-state index is 0.212. The largest absolute Gasteiger partial charge is 0.458 e. The van der Waals surface area contributed by atoms with Crippen molar-refractivity contribution >= 4 is 23.3 Å². The summed E-state index contributed by atoms with van der Waals surface area (Å²) in [6, 6.07) is 5.58. The number of carbonyl (C=O) groups is 1. The number of hydrogen-bond acceptors (Lipinski definition) is 4. The van der Waals surface area contributed by atoms with E-state index >= 15 is 0 Å². The molecule has 0 saturated carbocycles. The fourth-order valence-corrected chi connectivity index (χ4v) is 2.56. The zero-order chi connectivity index (χ0) is 16.2. The number of nitrogens with two attached hydrogens (primary N) is 1. The van der Waals surface area contributed by atoms with Gasteiger partial charge in [-0.1, -0.05) is 11.6 Å². The topological polar surface area (TPSA) is 55.6 Å². The van der Waals surface area contributed by atoms with Crippen molar-refractivity contribution in [1.82, 2.24) is 4.90 Å². The first-order chi connectivity index (χ1) is 9.72. The molecule has 0 aliphatic heterocycles. The molecular weight excluding hydrogens is 288 g/mol. The fraction of sp³-hybridized carbons (Fsp3) is 0.562. The summed E-state index contributed by atoms with van der Waals surface area (Å²) >= 11 is 6.02. The normalized spacial score (nSPS) is 13.0. The van der Waals surface area contributed by atoms with Gasteiger partial charge in [0.1, 0.15) is 6.10 Å². The molecule has 0 aliphatic rings. The van der Waals surface area contributed by atoms with E-state index in [1.807, 2.05) is 6.92 Å². The highest BCUT2D eigenvalue weighted by Crippen LogP contribution is 2.20. The lowest BCUT2D eigenvalue weighted by molar-refractivity contribution is 0.0179. The molecule has 1 aromatic rings. The summed E-state index contributed by atoms with van der Waals surface area (Å²) in [5.74, 6) is -0.417. The molecule has 0 radical (unpaired) electrons. The van der Waals surface area contributed by atoms with Crippen LogP contribution in [-0.4, -0.2) is 35.6 Å². The van der Waals surface area contributed by atoms with Crippen LogP contribution in [0.15, 0.2) is 18.2 Å². The average molecular weight is 313 g/mol. The number of carbonyl (C=O) groups excluding carboxylic acids is 1. The van der Waals surface area contributed by atoms with Crippen molar-refractivity contribution < 1.29 is 9.53 Å². The predicted octanol–water partition coefficient (Wildman–Crippen LogP) is 3.59. The van der Waals surface area contributed by atoms with Crippen LogP contribution in [0.3, 0.4) is 0 Å². The van der Waals surface area contributed by atoms with Crippen LogP contribution < -0.4 is 5.73 Å². The quantitative estimate of drug-likeness (QED) is 0.644. The molecule has 0 fully saturated rings. The predicted molar refractivity (Wildman–Crippen MR) is 87.7 cm³/mol. The summed E-state index contributed by atoms with van der Waals surface area (Å²) in [5.41, 5.74) is 6.49. The zero-order valence-electron chi connectivity index (χ0n) is 13.4. The van der Waals surface area contributed by atoms with Gasteiger partial charge in [0.2, 0.25) is 0 Å². The van der Waals surface area contributed by atoms with Crippen LogP contribution in [0.25, 0.3) is 0 Å². The maximum atomic E-state index is 12.1. The minimum atomic E-state index is -0.417. The lowest BCUT2D eigenvalue weighted by Gasteiger charge is -2.32. The Kier molecular flexibility index (Phi) is 6.49. The van der Waals surface area contributed by atoms with Crippen LogP contribution in [0.1, 0.15) is 45.0 Å².